The summed E-state index contributed by atoms with van der Waals surface area (Å²) in [5.74, 6) is 1.06. The Morgan fingerprint density at radius 1 is 1.47 bits per heavy atom. The van der Waals surface area contributed by atoms with Crippen LogP contribution in [0.4, 0.5) is 0 Å². The van der Waals surface area contributed by atoms with Gasteiger partial charge in [-0.2, -0.15) is 0 Å². The number of thiophene rings is 1. The predicted molar refractivity (Wildman–Crippen MR) is 80.3 cm³/mol. The molecule has 0 aliphatic heterocycles. The van der Waals surface area contributed by atoms with E-state index in [2.05, 4.69) is 41.4 Å². The van der Waals surface area contributed by atoms with Gasteiger partial charge in [-0.1, -0.05) is 0 Å². The first-order valence-corrected chi connectivity index (χ1v) is 7.28. The first kappa shape index (κ1) is 14.2. The second kappa shape index (κ2) is 5.86. The lowest BCUT2D eigenvalue weighted by atomic mass is 10.1. The number of aromatic nitrogens is 2. The van der Waals surface area contributed by atoms with Crippen LogP contribution < -0.4 is 5.73 Å². The fourth-order valence-corrected chi connectivity index (χ4v) is 3.39. The van der Waals surface area contributed by atoms with E-state index >= 15 is 0 Å². The van der Waals surface area contributed by atoms with Crippen LogP contribution in [0.25, 0.3) is 0 Å². The molecule has 4 nitrogen and oxygen atoms in total. The first-order chi connectivity index (χ1) is 9.02. The molecule has 0 aliphatic carbocycles. The first-order valence-electron chi connectivity index (χ1n) is 6.46. The summed E-state index contributed by atoms with van der Waals surface area (Å²) in [6, 6.07) is 2.51. The van der Waals surface area contributed by atoms with Crippen molar-refractivity contribution < 1.29 is 0 Å². The fraction of sp³-hybridized carbons (Fsp3) is 0.500. The summed E-state index contributed by atoms with van der Waals surface area (Å²) in [6.07, 6.45) is 3.81. The highest BCUT2D eigenvalue weighted by Crippen LogP contribution is 2.29. The highest BCUT2D eigenvalue weighted by Gasteiger charge is 2.20. The topological polar surface area (TPSA) is 47.1 Å². The maximum Gasteiger partial charge on any atom is 0.122 e. The molecule has 2 aromatic heterocycles. The molecule has 0 saturated carbocycles. The Balaban J connectivity index is 2.18. The molecule has 0 fully saturated rings. The van der Waals surface area contributed by atoms with Crippen LogP contribution >= 0.6 is 11.3 Å². The number of hydrogen-bond acceptors (Lipinski definition) is 4. The highest BCUT2D eigenvalue weighted by molar-refractivity contribution is 7.12. The number of likely N-dealkylation sites (N-methyl/N-ethyl adjacent to an activating group) is 1. The van der Waals surface area contributed by atoms with E-state index in [1.54, 1.807) is 0 Å². The van der Waals surface area contributed by atoms with Gasteiger partial charge in [-0.15, -0.1) is 11.3 Å². The van der Waals surface area contributed by atoms with E-state index in [0.717, 1.165) is 12.4 Å². The van der Waals surface area contributed by atoms with Crippen molar-refractivity contribution in [2.45, 2.75) is 26.4 Å². The van der Waals surface area contributed by atoms with Gasteiger partial charge >= 0.3 is 0 Å². The Hall–Kier alpha value is -1.17. The molecule has 0 aromatic carbocycles. The summed E-state index contributed by atoms with van der Waals surface area (Å²) in [6.45, 7) is 5.75. The lowest BCUT2D eigenvalue weighted by molar-refractivity contribution is 0.233. The maximum absolute atomic E-state index is 5.99. The van der Waals surface area contributed by atoms with Gasteiger partial charge in [0, 0.05) is 41.8 Å². The third-order valence-electron chi connectivity index (χ3n) is 3.51. The quantitative estimate of drug-likeness (QED) is 0.912. The number of hydrogen-bond donors (Lipinski definition) is 1. The summed E-state index contributed by atoms with van der Waals surface area (Å²) in [7, 11) is 4.13. The number of nitrogens with zero attached hydrogens (tertiary/aromatic N) is 3. The third-order valence-corrected chi connectivity index (χ3v) is 4.49. The molecule has 2 aromatic rings. The van der Waals surface area contributed by atoms with Gasteiger partial charge in [-0.25, -0.2) is 4.98 Å². The summed E-state index contributed by atoms with van der Waals surface area (Å²) < 4.78 is 2.05. The average Bonchev–Trinajstić information content (AvgIpc) is 2.88. The Morgan fingerprint density at radius 2 is 2.21 bits per heavy atom. The normalized spacial score (nSPS) is 13.2. The van der Waals surface area contributed by atoms with Crippen molar-refractivity contribution in [2.24, 2.45) is 12.8 Å². The monoisotopic (exact) mass is 278 g/mol. The van der Waals surface area contributed by atoms with Gasteiger partial charge in [0.1, 0.15) is 5.82 Å². The molecule has 0 saturated heterocycles. The molecule has 104 valence electrons. The molecular weight excluding hydrogens is 256 g/mol. The molecule has 2 rings (SSSR count). The van der Waals surface area contributed by atoms with Crippen LogP contribution in [-0.2, 0) is 13.6 Å². The second-order valence-corrected chi connectivity index (χ2v) is 6.45. The van der Waals surface area contributed by atoms with Crippen molar-refractivity contribution in [3.05, 3.63) is 39.6 Å². The predicted octanol–water partition coefficient (Wildman–Crippen LogP) is 2.23. The summed E-state index contributed by atoms with van der Waals surface area (Å²) in [5, 5.41) is 0. The lowest BCUT2D eigenvalue weighted by Gasteiger charge is -2.27. The van der Waals surface area contributed by atoms with Crippen LogP contribution in [0, 0.1) is 13.8 Å². The number of aryl methyl sites for hydroxylation is 3. The largest absolute Gasteiger partial charge is 0.337 e. The van der Waals surface area contributed by atoms with E-state index < -0.39 is 0 Å². The molecule has 0 aliphatic rings. The maximum atomic E-state index is 5.99. The Labute approximate surface area is 118 Å². The van der Waals surface area contributed by atoms with Gasteiger partial charge in [0.25, 0.3) is 0 Å². The number of imidazole rings is 1. The summed E-state index contributed by atoms with van der Waals surface area (Å²) in [5.41, 5.74) is 7.34. The van der Waals surface area contributed by atoms with Gasteiger partial charge in [0.15, 0.2) is 0 Å². The van der Waals surface area contributed by atoms with Crippen LogP contribution in [0.5, 0.6) is 0 Å². The van der Waals surface area contributed by atoms with Crippen LogP contribution in [0.3, 0.4) is 0 Å². The van der Waals surface area contributed by atoms with Crippen molar-refractivity contribution in [1.82, 2.24) is 14.5 Å². The van der Waals surface area contributed by atoms with Crippen molar-refractivity contribution in [1.29, 1.82) is 0 Å². The molecular formula is C14H22N4S. The van der Waals surface area contributed by atoms with Crippen LogP contribution in [0.15, 0.2) is 18.5 Å². The van der Waals surface area contributed by atoms with E-state index in [-0.39, 0.29) is 6.04 Å². The molecule has 5 heteroatoms. The van der Waals surface area contributed by atoms with Gasteiger partial charge in [-0.05, 0) is 32.5 Å². The number of nitrogens with two attached hydrogens (primary N) is 1. The Morgan fingerprint density at radius 3 is 2.68 bits per heavy atom. The van der Waals surface area contributed by atoms with Gasteiger partial charge in [-0.3, -0.25) is 4.90 Å². The van der Waals surface area contributed by atoms with E-state index in [4.69, 9.17) is 5.73 Å². The molecule has 0 spiro atoms. The van der Waals surface area contributed by atoms with Crippen LogP contribution in [-0.4, -0.2) is 28.0 Å². The average molecular weight is 278 g/mol. The smallest absolute Gasteiger partial charge is 0.122 e. The molecule has 2 N–H and O–H groups in total. The zero-order valence-electron chi connectivity index (χ0n) is 12.1. The minimum Gasteiger partial charge on any atom is -0.337 e. The van der Waals surface area contributed by atoms with Gasteiger partial charge < -0.3 is 10.3 Å². The zero-order valence-corrected chi connectivity index (χ0v) is 12.9. The number of rotatable bonds is 5. The molecule has 0 radical (unpaired) electrons. The molecule has 1 atom stereocenters. The second-order valence-electron chi connectivity index (χ2n) is 4.99. The van der Waals surface area contributed by atoms with E-state index in [1.165, 1.54) is 15.3 Å². The summed E-state index contributed by atoms with van der Waals surface area (Å²) >= 11 is 1.84. The molecule has 2 heterocycles. The van der Waals surface area contributed by atoms with Crippen LogP contribution in [0.1, 0.15) is 27.2 Å². The Bertz CT molecular complexity index is 543. The molecule has 0 amide bonds. The lowest BCUT2D eigenvalue weighted by Crippen LogP contribution is -2.31. The minimum absolute atomic E-state index is 0.252. The minimum atomic E-state index is 0.252. The van der Waals surface area contributed by atoms with Crippen LogP contribution in [0.2, 0.25) is 0 Å². The van der Waals surface area contributed by atoms with E-state index in [9.17, 15) is 0 Å². The van der Waals surface area contributed by atoms with Gasteiger partial charge in [0.2, 0.25) is 0 Å². The fourth-order valence-electron chi connectivity index (χ4n) is 2.41. The van der Waals surface area contributed by atoms with Crippen molar-refractivity contribution >= 4 is 11.3 Å². The highest BCUT2D eigenvalue weighted by atomic mass is 32.1. The molecule has 19 heavy (non-hydrogen) atoms. The zero-order chi connectivity index (χ0) is 14.0. The molecule has 1 unspecified atom stereocenters. The Kier molecular flexibility index (Phi) is 4.39. The molecule has 0 bridgehead atoms. The standard InChI is InChI=1S/C14H22N4S/c1-10-7-12(11(2)19-10)13(8-15)18(4)9-14-16-5-6-17(14)3/h5-7,13H,8-9,15H2,1-4H3. The third kappa shape index (κ3) is 3.05. The van der Waals surface area contributed by atoms with Crippen molar-refractivity contribution in [3.63, 3.8) is 0 Å². The SMILES string of the molecule is Cc1cc(C(CN)N(C)Cc2nccn2C)c(C)s1. The summed E-state index contributed by atoms with van der Waals surface area (Å²) in [4.78, 5) is 9.36. The van der Waals surface area contributed by atoms with Crippen molar-refractivity contribution in [2.75, 3.05) is 13.6 Å². The van der Waals surface area contributed by atoms with E-state index in [0.29, 0.717) is 6.54 Å². The van der Waals surface area contributed by atoms with Gasteiger partial charge in [0.05, 0.1) is 6.54 Å². The van der Waals surface area contributed by atoms with E-state index in [1.807, 2.05) is 30.8 Å². The van der Waals surface area contributed by atoms with Crippen molar-refractivity contribution in [3.8, 4) is 0 Å².